The summed E-state index contributed by atoms with van der Waals surface area (Å²) in [5.41, 5.74) is 1.74. The van der Waals surface area contributed by atoms with Crippen LogP contribution in [0.2, 0.25) is 10.0 Å². The number of ether oxygens (including phenoxy) is 2. The first-order valence-corrected chi connectivity index (χ1v) is 10.4. The molecule has 1 unspecified atom stereocenters. The average molecular weight is 464 g/mol. The standard InChI is InChI=1S/C23H23Cl2NO5/c1-13-11-15(31-3)6-7-16(13)21(27)19-20(14-5-8-17(24)18(25)12-14)26(9-4-10-30-2)23(29)22(19)28/h5-8,11-12,20,27H,4,9-10H2,1-3H3. The highest BCUT2D eigenvalue weighted by molar-refractivity contribution is 6.47. The second-order valence-electron chi connectivity index (χ2n) is 7.19. The largest absolute Gasteiger partial charge is 0.507 e. The van der Waals surface area contributed by atoms with Crippen LogP contribution in [0.15, 0.2) is 42.0 Å². The number of aryl methyl sites for hydroxylation is 1. The van der Waals surface area contributed by atoms with E-state index < -0.39 is 17.7 Å². The van der Waals surface area contributed by atoms with Crippen LogP contribution in [-0.4, -0.2) is 49.1 Å². The maximum Gasteiger partial charge on any atom is 0.295 e. The minimum atomic E-state index is -0.798. The van der Waals surface area contributed by atoms with Crippen LogP contribution in [0.5, 0.6) is 5.75 Å². The van der Waals surface area contributed by atoms with Crippen molar-refractivity contribution in [1.82, 2.24) is 4.90 Å². The van der Waals surface area contributed by atoms with Gasteiger partial charge in [-0.2, -0.15) is 0 Å². The van der Waals surface area contributed by atoms with Crippen LogP contribution in [0.1, 0.15) is 29.2 Å². The van der Waals surface area contributed by atoms with E-state index in [0.29, 0.717) is 45.5 Å². The first-order chi connectivity index (χ1) is 14.8. The van der Waals surface area contributed by atoms with Gasteiger partial charge in [0.25, 0.3) is 11.7 Å². The summed E-state index contributed by atoms with van der Waals surface area (Å²) in [7, 11) is 3.11. The van der Waals surface area contributed by atoms with E-state index in [9.17, 15) is 14.7 Å². The van der Waals surface area contributed by atoms with E-state index in [4.69, 9.17) is 32.7 Å². The van der Waals surface area contributed by atoms with Gasteiger partial charge in [-0.25, -0.2) is 0 Å². The predicted molar refractivity (Wildman–Crippen MR) is 120 cm³/mol. The third kappa shape index (κ3) is 4.56. The highest BCUT2D eigenvalue weighted by Gasteiger charge is 2.46. The Hall–Kier alpha value is -2.54. The van der Waals surface area contributed by atoms with Gasteiger partial charge in [0.05, 0.1) is 28.8 Å². The molecular formula is C23H23Cl2NO5. The molecule has 0 aromatic heterocycles. The second-order valence-corrected chi connectivity index (χ2v) is 8.01. The van der Waals surface area contributed by atoms with E-state index in [-0.39, 0.29) is 17.9 Å². The zero-order valence-electron chi connectivity index (χ0n) is 17.4. The van der Waals surface area contributed by atoms with Gasteiger partial charge in [-0.1, -0.05) is 29.3 Å². The smallest absolute Gasteiger partial charge is 0.295 e. The van der Waals surface area contributed by atoms with Gasteiger partial charge >= 0.3 is 0 Å². The van der Waals surface area contributed by atoms with Gasteiger partial charge in [0, 0.05) is 25.8 Å². The number of carbonyl (C=O) groups excluding carboxylic acids is 2. The minimum Gasteiger partial charge on any atom is -0.507 e. The summed E-state index contributed by atoms with van der Waals surface area (Å²) in [5.74, 6) is -1.06. The summed E-state index contributed by atoms with van der Waals surface area (Å²) >= 11 is 12.3. The Kier molecular flexibility index (Phi) is 7.26. The molecule has 0 aliphatic carbocycles. The molecule has 1 saturated heterocycles. The molecule has 1 aliphatic rings. The third-order valence-corrected chi connectivity index (χ3v) is 5.97. The van der Waals surface area contributed by atoms with Gasteiger partial charge in [0.1, 0.15) is 11.5 Å². The van der Waals surface area contributed by atoms with Crippen LogP contribution in [0.25, 0.3) is 5.76 Å². The quantitative estimate of drug-likeness (QED) is 0.277. The summed E-state index contributed by atoms with van der Waals surface area (Å²) in [4.78, 5) is 27.3. The molecule has 8 heteroatoms. The lowest BCUT2D eigenvalue weighted by Gasteiger charge is -2.25. The molecule has 1 atom stereocenters. The van der Waals surface area contributed by atoms with Crippen LogP contribution in [0.3, 0.4) is 0 Å². The Morgan fingerprint density at radius 1 is 1.10 bits per heavy atom. The van der Waals surface area contributed by atoms with E-state index >= 15 is 0 Å². The first kappa shape index (κ1) is 23.1. The van der Waals surface area contributed by atoms with E-state index in [0.717, 1.165) is 0 Å². The van der Waals surface area contributed by atoms with Gasteiger partial charge in [-0.15, -0.1) is 0 Å². The van der Waals surface area contributed by atoms with E-state index in [2.05, 4.69) is 0 Å². The number of likely N-dealkylation sites (tertiary alicyclic amines) is 1. The number of amides is 1. The summed E-state index contributed by atoms with van der Waals surface area (Å²) in [6.07, 6.45) is 0.531. The molecule has 31 heavy (non-hydrogen) atoms. The number of carbonyl (C=O) groups is 2. The van der Waals surface area contributed by atoms with Crippen molar-refractivity contribution in [3.05, 3.63) is 68.7 Å². The third-order valence-electron chi connectivity index (χ3n) is 5.24. The summed E-state index contributed by atoms with van der Waals surface area (Å²) in [6, 6.07) is 9.21. The Labute approximate surface area is 191 Å². The molecule has 1 fully saturated rings. The van der Waals surface area contributed by atoms with Crippen molar-refractivity contribution in [1.29, 1.82) is 0 Å². The molecule has 1 heterocycles. The fraction of sp³-hybridized carbons (Fsp3) is 0.304. The SMILES string of the molecule is COCCCN1C(=O)C(=O)C(=C(O)c2ccc(OC)cc2C)C1c1ccc(Cl)c(Cl)c1. The lowest BCUT2D eigenvalue weighted by atomic mass is 9.94. The van der Waals surface area contributed by atoms with Crippen LogP contribution < -0.4 is 4.74 Å². The predicted octanol–water partition coefficient (Wildman–Crippen LogP) is 4.77. The monoisotopic (exact) mass is 463 g/mol. The Morgan fingerprint density at radius 2 is 1.84 bits per heavy atom. The van der Waals surface area contributed by atoms with Crippen molar-refractivity contribution in [2.75, 3.05) is 27.4 Å². The van der Waals surface area contributed by atoms with E-state index in [1.54, 1.807) is 57.5 Å². The van der Waals surface area contributed by atoms with E-state index in [1.807, 2.05) is 0 Å². The number of rotatable bonds is 7. The van der Waals surface area contributed by atoms with Crippen molar-refractivity contribution in [3.63, 3.8) is 0 Å². The number of benzene rings is 2. The van der Waals surface area contributed by atoms with Crippen molar-refractivity contribution in [2.45, 2.75) is 19.4 Å². The van der Waals surface area contributed by atoms with Crippen LogP contribution in [0, 0.1) is 6.92 Å². The molecule has 1 N–H and O–H groups in total. The van der Waals surface area contributed by atoms with Gasteiger partial charge in [-0.05, 0) is 54.8 Å². The fourth-order valence-corrected chi connectivity index (χ4v) is 4.00. The van der Waals surface area contributed by atoms with E-state index in [1.165, 1.54) is 4.90 Å². The zero-order valence-corrected chi connectivity index (χ0v) is 19.0. The maximum absolute atomic E-state index is 13.0. The van der Waals surface area contributed by atoms with Crippen LogP contribution >= 0.6 is 23.2 Å². The number of nitrogens with zero attached hydrogens (tertiary/aromatic N) is 1. The average Bonchev–Trinajstić information content (AvgIpc) is 3.00. The first-order valence-electron chi connectivity index (χ1n) is 9.67. The number of hydrogen-bond donors (Lipinski definition) is 1. The van der Waals surface area contributed by atoms with Crippen molar-refractivity contribution in [3.8, 4) is 5.75 Å². The van der Waals surface area contributed by atoms with Gasteiger partial charge < -0.3 is 19.5 Å². The number of methoxy groups -OCH3 is 2. The Morgan fingerprint density at radius 3 is 2.45 bits per heavy atom. The highest BCUT2D eigenvalue weighted by atomic mass is 35.5. The van der Waals surface area contributed by atoms with Crippen molar-refractivity contribution >= 4 is 40.7 Å². The maximum atomic E-state index is 13.0. The van der Waals surface area contributed by atoms with Crippen LogP contribution in [0.4, 0.5) is 0 Å². The number of aliphatic hydroxyl groups is 1. The molecule has 2 aromatic rings. The van der Waals surface area contributed by atoms with Crippen LogP contribution in [-0.2, 0) is 14.3 Å². The van der Waals surface area contributed by atoms with Gasteiger partial charge in [-0.3, -0.25) is 9.59 Å². The molecule has 3 rings (SSSR count). The van der Waals surface area contributed by atoms with Gasteiger partial charge in [0.15, 0.2) is 0 Å². The molecule has 2 aromatic carbocycles. The number of halogens is 2. The molecule has 0 spiro atoms. The lowest BCUT2D eigenvalue weighted by molar-refractivity contribution is -0.140. The summed E-state index contributed by atoms with van der Waals surface area (Å²) < 4.78 is 10.3. The Bertz CT molecular complexity index is 1050. The topological polar surface area (TPSA) is 76.1 Å². The Balaban J connectivity index is 2.17. The molecule has 1 amide bonds. The molecule has 0 radical (unpaired) electrons. The summed E-state index contributed by atoms with van der Waals surface area (Å²) in [5, 5.41) is 11.8. The summed E-state index contributed by atoms with van der Waals surface area (Å²) in [6.45, 7) is 2.50. The van der Waals surface area contributed by atoms with Crippen molar-refractivity contribution in [2.24, 2.45) is 0 Å². The normalized spacial score (nSPS) is 18.0. The molecule has 1 aliphatic heterocycles. The molecular weight excluding hydrogens is 441 g/mol. The number of Topliss-reactive ketones (excluding diaryl/α,β-unsaturated/α-hetero) is 1. The molecule has 0 bridgehead atoms. The fourth-order valence-electron chi connectivity index (χ4n) is 3.69. The van der Waals surface area contributed by atoms with Crippen molar-refractivity contribution < 1.29 is 24.2 Å². The zero-order chi connectivity index (χ0) is 22.7. The number of aliphatic hydroxyl groups excluding tert-OH is 1. The lowest BCUT2D eigenvalue weighted by Crippen LogP contribution is -2.31. The van der Waals surface area contributed by atoms with Gasteiger partial charge in [0.2, 0.25) is 0 Å². The number of hydrogen-bond acceptors (Lipinski definition) is 5. The molecule has 6 nitrogen and oxygen atoms in total. The molecule has 0 saturated carbocycles. The second kappa shape index (κ2) is 9.73. The molecule has 164 valence electrons. The number of ketones is 1. The highest BCUT2D eigenvalue weighted by Crippen LogP contribution is 2.41. The minimum absolute atomic E-state index is 0.00840.